The van der Waals surface area contributed by atoms with Gasteiger partial charge in [0.2, 0.25) is 11.8 Å². The van der Waals surface area contributed by atoms with Gasteiger partial charge >= 0.3 is 0 Å². The topological polar surface area (TPSA) is 80.4 Å². The summed E-state index contributed by atoms with van der Waals surface area (Å²) in [6.07, 6.45) is 6.45. The highest BCUT2D eigenvalue weighted by Gasteiger charge is 2.30. The third-order valence-electron chi connectivity index (χ3n) is 5.86. The maximum atomic E-state index is 12.8. The van der Waals surface area contributed by atoms with Gasteiger partial charge in [0, 0.05) is 51.9 Å². The molecule has 2 aromatic heterocycles. The third-order valence-corrected chi connectivity index (χ3v) is 6.19. The Morgan fingerprint density at radius 1 is 1.18 bits per heavy atom. The van der Waals surface area contributed by atoms with Gasteiger partial charge in [-0.25, -0.2) is 0 Å². The highest BCUT2D eigenvalue weighted by molar-refractivity contribution is 6.33. The van der Waals surface area contributed by atoms with Gasteiger partial charge in [-0.05, 0) is 23.8 Å². The van der Waals surface area contributed by atoms with Gasteiger partial charge in [-0.1, -0.05) is 53.7 Å². The Labute approximate surface area is 195 Å². The van der Waals surface area contributed by atoms with Crippen molar-refractivity contribution in [1.82, 2.24) is 19.9 Å². The molecule has 3 heterocycles. The molecule has 5 rings (SSSR count). The van der Waals surface area contributed by atoms with E-state index in [2.05, 4.69) is 17.1 Å². The van der Waals surface area contributed by atoms with Crippen LogP contribution in [-0.4, -0.2) is 45.6 Å². The molecule has 0 radical (unpaired) electrons. The molecule has 0 spiro atoms. The summed E-state index contributed by atoms with van der Waals surface area (Å²) in [6, 6.07) is 13.7. The second-order valence-corrected chi connectivity index (χ2v) is 8.41. The van der Waals surface area contributed by atoms with E-state index in [1.165, 1.54) is 6.08 Å². The van der Waals surface area contributed by atoms with Crippen LogP contribution < -0.4 is 5.32 Å². The normalized spacial score (nSPS) is 13.7. The average molecular weight is 461 g/mol. The van der Waals surface area contributed by atoms with E-state index < -0.39 is 0 Å². The summed E-state index contributed by atoms with van der Waals surface area (Å²) in [5, 5.41) is 8.46. The Hall–Kier alpha value is -3.84. The van der Waals surface area contributed by atoms with Crippen molar-refractivity contribution in [3.8, 4) is 22.3 Å². The molecule has 7 nitrogen and oxygen atoms in total. The van der Waals surface area contributed by atoms with E-state index in [0.29, 0.717) is 18.1 Å². The van der Waals surface area contributed by atoms with E-state index in [4.69, 9.17) is 16.1 Å². The summed E-state index contributed by atoms with van der Waals surface area (Å²) >= 11 is 6.42. The van der Waals surface area contributed by atoms with E-state index in [0.717, 1.165) is 33.2 Å². The number of aromatic nitrogens is 2. The Morgan fingerprint density at radius 2 is 2.00 bits per heavy atom. The van der Waals surface area contributed by atoms with Crippen molar-refractivity contribution >= 4 is 34.3 Å². The maximum Gasteiger partial charge on any atom is 0.246 e. The summed E-state index contributed by atoms with van der Waals surface area (Å²) in [6.45, 7) is 4.61. The molecule has 1 aliphatic rings. The van der Waals surface area contributed by atoms with Crippen molar-refractivity contribution in [2.45, 2.75) is 12.6 Å². The molecule has 0 aliphatic carbocycles. The van der Waals surface area contributed by atoms with Crippen LogP contribution in [0.4, 0.5) is 0 Å². The molecule has 8 heteroatoms. The monoisotopic (exact) mass is 460 g/mol. The molecule has 0 bridgehead atoms. The Balaban J connectivity index is 1.45. The minimum atomic E-state index is -0.123. The van der Waals surface area contributed by atoms with E-state index in [1.54, 1.807) is 17.4 Å². The van der Waals surface area contributed by atoms with Crippen molar-refractivity contribution < 1.29 is 14.1 Å². The Kier molecular flexibility index (Phi) is 5.48. The van der Waals surface area contributed by atoms with Crippen molar-refractivity contribution in [3.63, 3.8) is 0 Å². The van der Waals surface area contributed by atoms with Crippen molar-refractivity contribution in [2.75, 3.05) is 13.1 Å². The number of nitrogens with zero attached hydrogens (tertiary/aromatic N) is 3. The molecule has 2 amide bonds. The Morgan fingerprint density at radius 3 is 2.73 bits per heavy atom. The molecule has 2 aromatic carbocycles. The number of amides is 2. The number of likely N-dealkylation sites (tertiary alicyclic amines) is 1. The predicted molar refractivity (Wildman–Crippen MR) is 127 cm³/mol. The predicted octanol–water partition coefficient (Wildman–Crippen LogP) is 4.13. The van der Waals surface area contributed by atoms with Gasteiger partial charge in [0.1, 0.15) is 12.8 Å². The first kappa shape index (κ1) is 21.0. The molecule has 0 atom stereocenters. The summed E-state index contributed by atoms with van der Waals surface area (Å²) in [4.78, 5) is 26.1. The lowest BCUT2D eigenvalue weighted by Crippen LogP contribution is -2.61. The lowest BCUT2D eigenvalue weighted by molar-refractivity contribution is -0.133. The maximum absolute atomic E-state index is 12.8. The summed E-state index contributed by atoms with van der Waals surface area (Å²) < 4.78 is 6.95. The zero-order valence-corrected chi connectivity index (χ0v) is 18.5. The van der Waals surface area contributed by atoms with Gasteiger partial charge in [0.05, 0.1) is 12.2 Å². The fourth-order valence-corrected chi connectivity index (χ4v) is 4.41. The summed E-state index contributed by atoms with van der Waals surface area (Å²) in [5.74, 6) is -0.245. The number of rotatable bonds is 6. The Bertz CT molecular complexity index is 1350. The SMILES string of the molecule is C=CC(=O)N1CC(NC(=O)Cn2cc(-c3cnoc3)c3ccc(-c4ccccc4Cl)cc32)C1. The quantitative estimate of drug-likeness (QED) is 0.439. The van der Waals surface area contributed by atoms with Crippen LogP contribution in [0.25, 0.3) is 33.2 Å². The van der Waals surface area contributed by atoms with E-state index in [-0.39, 0.29) is 24.4 Å². The van der Waals surface area contributed by atoms with Crippen LogP contribution in [0.3, 0.4) is 0 Å². The number of halogens is 1. The van der Waals surface area contributed by atoms with E-state index in [1.807, 2.05) is 53.2 Å². The second kappa shape index (κ2) is 8.60. The first-order valence-electron chi connectivity index (χ1n) is 10.5. The molecule has 1 fully saturated rings. The molecule has 0 unspecified atom stereocenters. The zero-order valence-electron chi connectivity index (χ0n) is 17.7. The molecule has 1 saturated heterocycles. The number of carbonyl (C=O) groups excluding carboxylic acids is 2. The van der Waals surface area contributed by atoms with Gasteiger partial charge in [-0.3, -0.25) is 9.59 Å². The molecule has 166 valence electrons. The number of hydrogen-bond acceptors (Lipinski definition) is 4. The smallest absolute Gasteiger partial charge is 0.246 e. The lowest BCUT2D eigenvalue weighted by atomic mass is 10.0. The molecule has 4 aromatic rings. The van der Waals surface area contributed by atoms with Gasteiger partial charge in [-0.2, -0.15) is 0 Å². The van der Waals surface area contributed by atoms with Crippen LogP contribution in [0.2, 0.25) is 5.02 Å². The van der Waals surface area contributed by atoms with E-state index in [9.17, 15) is 9.59 Å². The van der Waals surface area contributed by atoms with Crippen LogP contribution in [0.5, 0.6) is 0 Å². The lowest BCUT2D eigenvalue weighted by Gasteiger charge is -2.38. The highest BCUT2D eigenvalue weighted by atomic mass is 35.5. The van der Waals surface area contributed by atoms with Crippen LogP contribution >= 0.6 is 11.6 Å². The first-order valence-corrected chi connectivity index (χ1v) is 10.9. The fraction of sp³-hybridized carbons (Fsp3) is 0.160. The minimum Gasteiger partial charge on any atom is -0.364 e. The number of hydrogen-bond donors (Lipinski definition) is 1. The number of fused-ring (bicyclic) bond motifs is 1. The molecule has 0 saturated carbocycles. The number of carbonyl (C=O) groups is 2. The summed E-state index contributed by atoms with van der Waals surface area (Å²) in [5.41, 5.74) is 4.54. The van der Waals surface area contributed by atoms with Gasteiger partial charge in [0.25, 0.3) is 0 Å². The molecular formula is C25H21ClN4O3. The van der Waals surface area contributed by atoms with Crippen LogP contribution in [0.15, 0.2) is 78.3 Å². The summed E-state index contributed by atoms with van der Waals surface area (Å²) in [7, 11) is 0. The fourth-order valence-electron chi connectivity index (χ4n) is 4.16. The standard InChI is InChI=1S/C25H21ClN4O3/c1-2-25(32)30-11-18(12-30)28-24(31)14-29-13-21(17-10-27-33-15-17)20-8-7-16(9-23(20)29)19-5-3-4-6-22(19)26/h2-10,13,15,18H,1,11-12,14H2,(H,28,31). The van der Waals surface area contributed by atoms with Crippen molar-refractivity contribution in [2.24, 2.45) is 0 Å². The third kappa shape index (κ3) is 4.03. The second-order valence-electron chi connectivity index (χ2n) is 8.01. The first-order chi connectivity index (χ1) is 16.0. The molecule has 33 heavy (non-hydrogen) atoms. The molecule has 1 N–H and O–H groups in total. The van der Waals surface area contributed by atoms with Gasteiger partial charge < -0.3 is 19.3 Å². The largest absolute Gasteiger partial charge is 0.364 e. The average Bonchev–Trinajstić information content (AvgIpc) is 3.44. The zero-order chi connectivity index (χ0) is 22.9. The van der Waals surface area contributed by atoms with Crippen LogP contribution in [0.1, 0.15) is 0 Å². The van der Waals surface area contributed by atoms with Crippen molar-refractivity contribution in [1.29, 1.82) is 0 Å². The number of benzene rings is 2. The molecule has 1 aliphatic heterocycles. The number of nitrogens with one attached hydrogen (secondary N) is 1. The van der Waals surface area contributed by atoms with Gasteiger partial charge in [0.15, 0.2) is 0 Å². The van der Waals surface area contributed by atoms with E-state index >= 15 is 0 Å². The van der Waals surface area contributed by atoms with Crippen LogP contribution in [-0.2, 0) is 16.1 Å². The highest BCUT2D eigenvalue weighted by Crippen LogP contribution is 2.35. The van der Waals surface area contributed by atoms with Crippen LogP contribution in [0, 0.1) is 0 Å². The van der Waals surface area contributed by atoms with Gasteiger partial charge in [-0.15, -0.1) is 0 Å². The molecular weight excluding hydrogens is 440 g/mol. The van der Waals surface area contributed by atoms with Crippen molar-refractivity contribution in [3.05, 3.63) is 78.8 Å². The minimum absolute atomic E-state index is 0.0561.